The second-order valence-corrected chi connectivity index (χ2v) is 4.29. The number of hydrogen-bond acceptors (Lipinski definition) is 2. The quantitative estimate of drug-likeness (QED) is 0.767. The number of anilines is 1. The molecule has 2 rings (SSSR count). The van der Waals surface area contributed by atoms with Gasteiger partial charge in [-0.3, -0.25) is 0 Å². The number of fused-ring (bicyclic) bond motifs is 1. The van der Waals surface area contributed by atoms with E-state index < -0.39 is 0 Å². The number of rotatable bonds is 1. The molecule has 0 amide bonds. The zero-order valence-electron chi connectivity index (χ0n) is 9.41. The molecule has 0 aliphatic carbocycles. The first-order valence-corrected chi connectivity index (χ1v) is 5.24. The minimum atomic E-state index is 0.545. The van der Waals surface area contributed by atoms with Crippen LogP contribution in [0.2, 0.25) is 0 Å². The highest BCUT2D eigenvalue weighted by Gasteiger charge is 2.05. The Bertz CT molecular complexity index is 501. The fourth-order valence-corrected chi connectivity index (χ4v) is 1.78. The first-order valence-electron chi connectivity index (χ1n) is 5.24. The molecule has 1 aromatic heterocycles. The predicted octanol–water partition coefficient (Wildman–Crippen LogP) is 3.25. The van der Waals surface area contributed by atoms with Gasteiger partial charge < -0.3 is 5.73 Å². The van der Waals surface area contributed by atoms with E-state index in [0.717, 1.165) is 5.39 Å². The molecule has 0 aliphatic rings. The fraction of sp³-hybridized carbons (Fsp3) is 0.308. The second kappa shape index (κ2) is 3.54. The van der Waals surface area contributed by atoms with Crippen molar-refractivity contribution in [3.8, 4) is 0 Å². The molecule has 0 unspecified atom stereocenters. The fourth-order valence-electron chi connectivity index (χ4n) is 1.78. The molecule has 2 nitrogen and oxygen atoms in total. The largest absolute Gasteiger partial charge is 0.383 e. The van der Waals surface area contributed by atoms with E-state index in [1.54, 1.807) is 0 Å². The van der Waals surface area contributed by atoms with Gasteiger partial charge in [0.05, 0.1) is 0 Å². The Morgan fingerprint density at radius 2 is 1.93 bits per heavy atom. The van der Waals surface area contributed by atoms with Gasteiger partial charge in [-0.2, -0.15) is 0 Å². The summed E-state index contributed by atoms with van der Waals surface area (Å²) in [6.45, 7) is 6.46. The van der Waals surface area contributed by atoms with Gasteiger partial charge in [0.1, 0.15) is 5.82 Å². The van der Waals surface area contributed by atoms with Gasteiger partial charge in [-0.1, -0.05) is 32.0 Å². The van der Waals surface area contributed by atoms with Crippen LogP contribution >= 0.6 is 0 Å². The van der Waals surface area contributed by atoms with Crippen LogP contribution < -0.4 is 5.73 Å². The van der Waals surface area contributed by atoms with Crippen molar-refractivity contribution in [2.45, 2.75) is 26.7 Å². The van der Waals surface area contributed by atoms with Gasteiger partial charge in [-0.05, 0) is 29.4 Å². The first kappa shape index (κ1) is 9.97. The average Bonchev–Trinajstić information content (AvgIpc) is 2.23. The Morgan fingerprint density at radius 1 is 1.20 bits per heavy atom. The zero-order valence-corrected chi connectivity index (χ0v) is 9.41. The van der Waals surface area contributed by atoms with Crippen molar-refractivity contribution in [2.75, 3.05) is 5.73 Å². The normalized spacial score (nSPS) is 11.2. The zero-order chi connectivity index (χ0) is 11.0. The molecule has 2 aromatic rings. The standard InChI is InChI=1S/C13H16N2/c1-8(2)10-4-5-11-12(6-10)9(3)7-15-13(11)14/h4-8H,1-3H3,(H2,14,15). The lowest BCUT2D eigenvalue weighted by Gasteiger charge is -2.09. The predicted molar refractivity (Wildman–Crippen MR) is 65.0 cm³/mol. The van der Waals surface area contributed by atoms with E-state index in [1.807, 2.05) is 6.20 Å². The summed E-state index contributed by atoms with van der Waals surface area (Å²) in [4.78, 5) is 4.16. The maximum Gasteiger partial charge on any atom is 0.131 e. The molecule has 2 N–H and O–H groups in total. The smallest absolute Gasteiger partial charge is 0.131 e. The minimum Gasteiger partial charge on any atom is -0.383 e. The van der Waals surface area contributed by atoms with E-state index in [1.165, 1.54) is 16.5 Å². The SMILES string of the molecule is Cc1cnc(N)c2ccc(C(C)C)cc12. The number of hydrogen-bond donors (Lipinski definition) is 1. The van der Waals surface area contributed by atoms with Gasteiger partial charge in [0, 0.05) is 11.6 Å². The van der Waals surface area contributed by atoms with Crippen LogP contribution in [0.25, 0.3) is 10.8 Å². The van der Waals surface area contributed by atoms with Crippen LogP contribution in [-0.4, -0.2) is 4.98 Å². The van der Waals surface area contributed by atoms with E-state index in [0.29, 0.717) is 11.7 Å². The van der Waals surface area contributed by atoms with E-state index in [-0.39, 0.29) is 0 Å². The number of aromatic nitrogens is 1. The topological polar surface area (TPSA) is 38.9 Å². The molecule has 15 heavy (non-hydrogen) atoms. The van der Waals surface area contributed by atoms with Gasteiger partial charge in [0.25, 0.3) is 0 Å². The molecule has 0 radical (unpaired) electrons. The Hall–Kier alpha value is -1.57. The molecular weight excluding hydrogens is 184 g/mol. The van der Waals surface area contributed by atoms with E-state index in [4.69, 9.17) is 5.73 Å². The van der Waals surface area contributed by atoms with Crippen LogP contribution in [0.15, 0.2) is 24.4 Å². The van der Waals surface area contributed by atoms with Gasteiger partial charge in [0.2, 0.25) is 0 Å². The van der Waals surface area contributed by atoms with Gasteiger partial charge in [0.15, 0.2) is 0 Å². The lowest BCUT2D eigenvalue weighted by molar-refractivity contribution is 0.868. The van der Waals surface area contributed by atoms with Crippen molar-refractivity contribution in [3.63, 3.8) is 0 Å². The van der Waals surface area contributed by atoms with Crippen LogP contribution in [-0.2, 0) is 0 Å². The third-order valence-electron chi connectivity index (χ3n) is 2.81. The lowest BCUT2D eigenvalue weighted by Crippen LogP contribution is -1.95. The van der Waals surface area contributed by atoms with Gasteiger partial charge >= 0.3 is 0 Å². The van der Waals surface area contributed by atoms with E-state index >= 15 is 0 Å². The highest BCUT2D eigenvalue weighted by atomic mass is 14.8. The maximum atomic E-state index is 5.84. The van der Waals surface area contributed by atoms with Crippen molar-refractivity contribution < 1.29 is 0 Å². The summed E-state index contributed by atoms with van der Waals surface area (Å²) < 4.78 is 0. The Morgan fingerprint density at radius 3 is 2.60 bits per heavy atom. The number of nitrogens with zero attached hydrogens (tertiary/aromatic N) is 1. The molecule has 1 heterocycles. The van der Waals surface area contributed by atoms with Crippen molar-refractivity contribution >= 4 is 16.6 Å². The third-order valence-corrected chi connectivity index (χ3v) is 2.81. The van der Waals surface area contributed by atoms with E-state index in [9.17, 15) is 0 Å². The Labute approximate surface area is 90.1 Å². The summed E-state index contributed by atoms with van der Waals surface area (Å²) in [7, 11) is 0. The molecule has 0 bridgehead atoms. The van der Waals surface area contributed by atoms with Crippen LogP contribution in [0.3, 0.4) is 0 Å². The summed E-state index contributed by atoms with van der Waals surface area (Å²) in [6, 6.07) is 6.41. The number of nitrogens with two attached hydrogens (primary N) is 1. The second-order valence-electron chi connectivity index (χ2n) is 4.29. The van der Waals surface area contributed by atoms with Crippen LogP contribution in [0.4, 0.5) is 5.82 Å². The summed E-state index contributed by atoms with van der Waals surface area (Å²) in [6.07, 6.45) is 1.84. The molecule has 2 heteroatoms. The number of aryl methyl sites for hydroxylation is 1. The Balaban J connectivity index is 2.76. The summed E-state index contributed by atoms with van der Waals surface area (Å²) in [5, 5.41) is 2.27. The monoisotopic (exact) mass is 200 g/mol. The highest BCUT2D eigenvalue weighted by Crippen LogP contribution is 2.26. The van der Waals surface area contributed by atoms with Crippen molar-refractivity contribution in [1.82, 2.24) is 4.98 Å². The molecule has 0 spiro atoms. The van der Waals surface area contributed by atoms with Gasteiger partial charge in [-0.15, -0.1) is 0 Å². The minimum absolute atomic E-state index is 0.545. The number of pyridine rings is 1. The molecular formula is C13H16N2. The highest BCUT2D eigenvalue weighted by molar-refractivity contribution is 5.93. The first-order chi connectivity index (χ1) is 7.09. The number of nitrogen functional groups attached to an aromatic ring is 1. The maximum absolute atomic E-state index is 5.84. The van der Waals surface area contributed by atoms with Gasteiger partial charge in [-0.25, -0.2) is 4.98 Å². The molecule has 0 saturated carbocycles. The molecule has 0 aliphatic heterocycles. The summed E-state index contributed by atoms with van der Waals surface area (Å²) >= 11 is 0. The van der Waals surface area contributed by atoms with Crippen molar-refractivity contribution in [2.24, 2.45) is 0 Å². The summed E-state index contributed by atoms with van der Waals surface area (Å²) in [5.41, 5.74) is 8.37. The number of benzene rings is 1. The van der Waals surface area contributed by atoms with Crippen LogP contribution in [0.5, 0.6) is 0 Å². The molecule has 78 valence electrons. The lowest BCUT2D eigenvalue weighted by atomic mass is 9.98. The van der Waals surface area contributed by atoms with Crippen molar-refractivity contribution in [1.29, 1.82) is 0 Å². The average molecular weight is 200 g/mol. The third kappa shape index (κ3) is 1.67. The van der Waals surface area contributed by atoms with Crippen LogP contribution in [0, 0.1) is 6.92 Å². The molecule has 0 fully saturated rings. The van der Waals surface area contributed by atoms with Crippen molar-refractivity contribution in [3.05, 3.63) is 35.5 Å². The van der Waals surface area contributed by atoms with E-state index in [2.05, 4.69) is 44.0 Å². The summed E-state index contributed by atoms with van der Waals surface area (Å²) in [5.74, 6) is 1.16. The van der Waals surface area contributed by atoms with Crippen LogP contribution in [0.1, 0.15) is 30.9 Å². The Kier molecular flexibility index (Phi) is 2.35. The molecule has 1 aromatic carbocycles. The molecule has 0 saturated heterocycles. The molecule has 0 atom stereocenters.